The molecule has 11 heteroatoms. The van der Waals surface area contributed by atoms with Gasteiger partial charge in [0.2, 0.25) is 15.9 Å². The van der Waals surface area contributed by atoms with Crippen molar-refractivity contribution < 1.29 is 27.1 Å². The van der Waals surface area contributed by atoms with Crippen LogP contribution in [0.25, 0.3) is 11.1 Å². The standard InChI is InChI=1S/C21H25N3O7S/c1-12(2)19(20(25)22-15-10-13(29-4)6-9-17(15)30-5)23-32(27,28)14-7-8-16-18(11-14)31-21(26)24(16)3/h6-12,19,23H,1-5H3,(H,22,25). The van der Waals surface area contributed by atoms with Crippen LogP contribution >= 0.6 is 0 Å². The van der Waals surface area contributed by atoms with Crippen molar-refractivity contribution in [1.29, 1.82) is 0 Å². The van der Waals surface area contributed by atoms with Gasteiger partial charge in [0, 0.05) is 19.2 Å². The molecule has 0 saturated heterocycles. The predicted molar refractivity (Wildman–Crippen MR) is 119 cm³/mol. The maximum absolute atomic E-state index is 13.0. The van der Waals surface area contributed by atoms with Gasteiger partial charge < -0.3 is 19.2 Å². The zero-order valence-corrected chi connectivity index (χ0v) is 19.1. The number of hydrogen-bond donors (Lipinski definition) is 2. The van der Waals surface area contributed by atoms with E-state index in [0.29, 0.717) is 22.7 Å². The highest BCUT2D eigenvalue weighted by Gasteiger charge is 2.29. The quantitative estimate of drug-likeness (QED) is 0.523. The summed E-state index contributed by atoms with van der Waals surface area (Å²) in [7, 11) is 0.364. The highest BCUT2D eigenvalue weighted by atomic mass is 32.2. The Labute approximate surface area is 185 Å². The van der Waals surface area contributed by atoms with Crippen molar-refractivity contribution in [3.8, 4) is 11.5 Å². The van der Waals surface area contributed by atoms with Crippen molar-refractivity contribution >= 4 is 32.7 Å². The van der Waals surface area contributed by atoms with E-state index in [0.717, 1.165) is 0 Å². The number of fused-ring (bicyclic) bond motifs is 1. The fourth-order valence-corrected chi connectivity index (χ4v) is 4.49. The lowest BCUT2D eigenvalue weighted by Crippen LogP contribution is -2.47. The van der Waals surface area contributed by atoms with Gasteiger partial charge >= 0.3 is 5.76 Å². The molecule has 1 aromatic heterocycles. The molecule has 0 spiro atoms. The lowest BCUT2D eigenvalue weighted by molar-refractivity contribution is -0.118. The van der Waals surface area contributed by atoms with Gasteiger partial charge in [-0.3, -0.25) is 9.36 Å². The molecule has 0 bridgehead atoms. The summed E-state index contributed by atoms with van der Waals surface area (Å²) in [5.41, 5.74) is 0.929. The number of nitrogens with zero attached hydrogens (tertiary/aromatic N) is 1. The number of benzene rings is 2. The first-order valence-corrected chi connectivity index (χ1v) is 11.2. The number of sulfonamides is 1. The second-order valence-corrected chi connectivity index (χ2v) is 9.17. The number of carbonyl (C=O) groups is 1. The monoisotopic (exact) mass is 463 g/mol. The van der Waals surface area contributed by atoms with Gasteiger partial charge in [0.25, 0.3) is 0 Å². The number of nitrogens with one attached hydrogen (secondary N) is 2. The summed E-state index contributed by atoms with van der Waals surface area (Å²) < 4.78 is 45.2. The molecule has 0 saturated carbocycles. The number of carbonyl (C=O) groups excluding carboxylic acids is 1. The average Bonchev–Trinajstić information content (AvgIpc) is 3.04. The van der Waals surface area contributed by atoms with Crippen LogP contribution in [0.3, 0.4) is 0 Å². The molecule has 0 aliphatic rings. The molecule has 32 heavy (non-hydrogen) atoms. The first kappa shape index (κ1) is 23.4. The molecule has 172 valence electrons. The normalized spacial score (nSPS) is 12.7. The molecule has 2 aromatic carbocycles. The molecule has 1 amide bonds. The lowest BCUT2D eigenvalue weighted by Gasteiger charge is -2.22. The van der Waals surface area contributed by atoms with E-state index in [1.165, 1.54) is 44.0 Å². The summed E-state index contributed by atoms with van der Waals surface area (Å²) in [5.74, 6) is -0.647. The van der Waals surface area contributed by atoms with E-state index in [2.05, 4.69) is 10.0 Å². The molecule has 3 aromatic rings. The van der Waals surface area contributed by atoms with Crippen molar-refractivity contribution in [2.75, 3.05) is 19.5 Å². The Balaban J connectivity index is 1.89. The van der Waals surface area contributed by atoms with E-state index in [1.807, 2.05) is 0 Å². The molecule has 1 unspecified atom stereocenters. The predicted octanol–water partition coefficient (Wildman–Crippen LogP) is 2.09. The topological polar surface area (TPSA) is 129 Å². The van der Waals surface area contributed by atoms with Crippen molar-refractivity contribution in [2.45, 2.75) is 24.8 Å². The van der Waals surface area contributed by atoms with Crippen LogP contribution in [0.4, 0.5) is 5.69 Å². The highest BCUT2D eigenvalue weighted by Crippen LogP contribution is 2.29. The molecule has 1 atom stereocenters. The summed E-state index contributed by atoms with van der Waals surface area (Å²) >= 11 is 0. The van der Waals surface area contributed by atoms with Crippen molar-refractivity contribution in [3.05, 3.63) is 46.9 Å². The summed E-state index contributed by atoms with van der Waals surface area (Å²) in [6.07, 6.45) is 0. The van der Waals surface area contributed by atoms with Crippen LogP contribution < -0.4 is 25.3 Å². The zero-order valence-electron chi connectivity index (χ0n) is 18.3. The van der Waals surface area contributed by atoms with E-state index in [4.69, 9.17) is 13.9 Å². The number of amides is 1. The van der Waals surface area contributed by atoms with Crippen LogP contribution in [0.5, 0.6) is 11.5 Å². The van der Waals surface area contributed by atoms with Gasteiger partial charge in [0.15, 0.2) is 5.58 Å². The SMILES string of the molecule is COc1ccc(OC)c(NC(=O)C(NS(=O)(=O)c2ccc3c(c2)oc(=O)n3C)C(C)C)c1. The van der Waals surface area contributed by atoms with E-state index in [-0.39, 0.29) is 16.4 Å². The summed E-state index contributed by atoms with van der Waals surface area (Å²) in [6.45, 7) is 3.43. The van der Waals surface area contributed by atoms with Gasteiger partial charge in [0.05, 0.1) is 30.3 Å². The molecular formula is C21H25N3O7S. The van der Waals surface area contributed by atoms with Gasteiger partial charge in [-0.05, 0) is 30.2 Å². The molecule has 0 fully saturated rings. The molecule has 0 aliphatic heterocycles. The third kappa shape index (κ3) is 4.63. The van der Waals surface area contributed by atoms with Crippen LogP contribution in [0, 0.1) is 5.92 Å². The second kappa shape index (κ2) is 9.05. The van der Waals surface area contributed by atoms with Crippen molar-refractivity contribution in [1.82, 2.24) is 9.29 Å². The third-order valence-corrected chi connectivity index (χ3v) is 6.41. The van der Waals surface area contributed by atoms with E-state index in [1.54, 1.807) is 32.0 Å². The van der Waals surface area contributed by atoms with Gasteiger partial charge in [-0.25, -0.2) is 13.2 Å². The van der Waals surface area contributed by atoms with E-state index < -0.39 is 27.7 Å². The van der Waals surface area contributed by atoms with Crippen molar-refractivity contribution in [3.63, 3.8) is 0 Å². The third-order valence-electron chi connectivity index (χ3n) is 4.97. The van der Waals surface area contributed by atoms with Crippen molar-refractivity contribution in [2.24, 2.45) is 13.0 Å². The minimum atomic E-state index is -4.10. The fourth-order valence-electron chi connectivity index (χ4n) is 3.13. The minimum Gasteiger partial charge on any atom is -0.497 e. The van der Waals surface area contributed by atoms with E-state index in [9.17, 15) is 18.0 Å². The molecule has 10 nitrogen and oxygen atoms in total. The zero-order chi connectivity index (χ0) is 23.6. The van der Waals surface area contributed by atoms with Gasteiger partial charge in [-0.15, -0.1) is 0 Å². The number of anilines is 1. The van der Waals surface area contributed by atoms with Crippen LogP contribution in [-0.4, -0.2) is 39.2 Å². The summed E-state index contributed by atoms with van der Waals surface area (Å²) in [4.78, 5) is 24.6. The molecule has 2 N–H and O–H groups in total. The number of methoxy groups -OCH3 is 2. The fraction of sp³-hybridized carbons (Fsp3) is 0.333. The van der Waals surface area contributed by atoms with Crippen LogP contribution in [0.2, 0.25) is 0 Å². The Morgan fingerprint density at radius 2 is 1.81 bits per heavy atom. The molecule has 0 radical (unpaired) electrons. The van der Waals surface area contributed by atoms with Crippen LogP contribution in [-0.2, 0) is 21.9 Å². The maximum atomic E-state index is 13.0. The number of rotatable bonds is 8. The van der Waals surface area contributed by atoms with Crippen LogP contribution in [0.15, 0.2) is 50.5 Å². The molecule has 1 heterocycles. The molecular weight excluding hydrogens is 438 g/mol. The Morgan fingerprint density at radius 3 is 2.44 bits per heavy atom. The van der Waals surface area contributed by atoms with Gasteiger partial charge in [-0.1, -0.05) is 13.8 Å². The molecule has 0 aliphatic carbocycles. The van der Waals surface area contributed by atoms with Gasteiger partial charge in [0.1, 0.15) is 17.5 Å². The lowest BCUT2D eigenvalue weighted by atomic mass is 10.0. The Hall–Kier alpha value is -3.31. The van der Waals surface area contributed by atoms with Gasteiger partial charge in [-0.2, -0.15) is 4.72 Å². The second-order valence-electron chi connectivity index (χ2n) is 7.45. The van der Waals surface area contributed by atoms with E-state index >= 15 is 0 Å². The Kier molecular flexibility index (Phi) is 6.60. The Bertz CT molecular complexity index is 1310. The summed E-state index contributed by atoms with van der Waals surface area (Å²) in [6, 6.07) is 7.86. The highest BCUT2D eigenvalue weighted by molar-refractivity contribution is 7.89. The number of hydrogen-bond acceptors (Lipinski definition) is 7. The average molecular weight is 464 g/mol. The largest absolute Gasteiger partial charge is 0.497 e. The first-order valence-electron chi connectivity index (χ1n) is 9.72. The first-order chi connectivity index (χ1) is 15.1. The maximum Gasteiger partial charge on any atom is 0.419 e. The number of ether oxygens (including phenoxy) is 2. The minimum absolute atomic E-state index is 0.128. The summed E-state index contributed by atoms with van der Waals surface area (Å²) in [5, 5.41) is 2.70. The number of aromatic nitrogens is 1. The molecule has 3 rings (SSSR count). The number of oxazole rings is 1. The smallest absolute Gasteiger partial charge is 0.419 e. The van der Waals surface area contributed by atoms with Crippen LogP contribution in [0.1, 0.15) is 13.8 Å². The Morgan fingerprint density at radius 1 is 1.09 bits per heavy atom. The number of aryl methyl sites for hydroxylation is 1.